The fourth-order valence-corrected chi connectivity index (χ4v) is 3.48. The molecule has 0 aliphatic carbocycles. The summed E-state index contributed by atoms with van der Waals surface area (Å²) in [6.45, 7) is 2.85. The highest BCUT2D eigenvalue weighted by Crippen LogP contribution is 2.35. The van der Waals surface area contributed by atoms with Crippen LogP contribution in [0, 0.1) is 0 Å². The lowest BCUT2D eigenvalue weighted by Gasteiger charge is -2.41. The Morgan fingerprint density at radius 3 is 2.17 bits per heavy atom. The third-order valence-electron chi connectivity index (χ3n) is 5.11. The largest absolute Gasteiger partial charge is 0.478 e. The number of rotatable bonds is 5. The molecule has 2 N–H and O–H groups in total. The van der Waals surface area contributed by atoms with Crippen LogP contribution in [-0.4, -0.2) is 40.8 Å². The first-order chi connectivity index (χ1) is 11.6. The van der Waals surface area contributed by atoms with Gasteiger partial charge in [-0.05, 0) is 49.2 Å². The van der Waals surface area contributed by atoms with E-state index in [0.717, 1.165) is 38.0 Å². The van der Waals surface area contributed by atoms with Gasteiger partial charge in [0, 0.05) is 12.0 Å². The third kappa shape index (κ3) is 3.50. The average Bonchev–Trinajstić information content (AvgIpc) is 2.64. The second-order valence-corrected chi connectivity index (χ2v) is 6.58. The van der Waals surface area contributed by atoms with Gasteiger partial charge in [-0.1, -0.05) is 42.5 Å². The quantitative estimate of drug-likeness (QED) is 0.887. The second kappa shape index (κ2) is 7.16. The van der Waals surface area contributed by atoms with Gasteiger partial charge in [0.05, 0.1) is 12.2 Å². The first-order valence-electron chi connectivity index (χ1n) is 8.34. The molecule has 3 rings (SSSR count). The zero-order valence-electron chi connectivity index (χ0n) is 13.7. The molecule has 4 heteroatoms. The van der Waals surface area contributed by atoms with Crippen LogP contribution < -0.4 is 0 Å². The summed E-state index contributed by atoms with van der Waals surface area (Å²) < 4.78 is 0. The van der Waals surface area contributed by atoms with Crippen LogP contribution in [0.3, 0.4) is 0 Å². The van der Waals surface area contributed by atoms with Crippen LogP contribution in [0.4, 0.5) is 0 Å². The summed E-state index contributed by atoms with van der Waals surface area (Å²) in [6.07, 6.45) is 1.86. The summed E-state index contributed by atoms with van der Waals surface area (Å²) in [4.78, 5) is 13.3. The molecule has 1 heterocycles. The van der Waals surface area contributed by atoms with E-state index < -0.39 is 5.97 Å². The Kier molecular flexibility index (Phi) is 4.97. The molecule has 1 aliphatic rings. The van der Waals surface area contributed by atoms with Crippen molar-refractivity contribution in [3.63, 3.8) is 0 Å². The predicted molar refractivity (Wildman–Crippen MR) is 93.1 cm³/mol. The van der Waals surface area contributed by atoms with Crippen molar-refractivity contribution in [2.75, 3.05) is 19.7 Å². The molecule has 0 atom stereocenters. The predicted octanol–water partition coefficient (Wildman–Crippen LogP) is 2.91. The molecule has 0 bridgehead atoms. The summed E-state index contributed by atoms with van der Waals surface area (Å²) in [7, 11) is 0. The molecule has 24 heavy (non-hydrogen) atoms. The maximum Gasteiger partial charge on any atom is 0.335 e. The van der Waals surface area contributed by atoms with Crippen LogP contribution in [0.1, 0.15) is 34.3 Å². The van der Waals surface area contributed by atoms with Gasteiger partial charge in [-0.15, -0.1) is 0 Å². The van der Waals surface area contributed by atoms with Crippen LogP contribution in [0.2, 0.25) is 0 Å². The molecule has 0 aromatic heterocycles. The standard InChI is InChI=1S/C20H23NO3/c22-15-20(18-4-2-1-3-5-18)10-12-21(13-11-20)14-16-6-8-17(9-7-16)19(23)24/h1-9,22H,10-15H2,(H,23,24). The number of likely N-dealkylation sites (tertiary alicyclic amines) is 1. The molecule has 2 aromatic rings. The molecule has 126 valence electrons. The minimum Gasteiger partial charge on any atom is -0.478 e. The molecule has 0 radical (unpaired) electrons. The SMILES string of the molecule is O=C(O)c1ccc(CN2CCC(CO)(c3ccccc3)CC2)cc1. The Bertz CT molecular complexity index is 674. The van der Waals surface area contributed by atoms with E-state index in [1.807, 2.05) is 30.3 Å². The number of carboxylic acids is 1. The molecule has 0 amide bonds. The molecule has 1 fully saturated rings. The minimum atomic E-state index is -0.893. The highest BCUT2D eigenvalue weighted by Gasteiger charge is 2.35. The Morgan fingerprint density at radius 1 is 1.00 bits per heavy atom. The van der Waals surface area contributed by atoms with E-state index in [1.54, 1.807) is 12.1 Å². The lowest BCUT2D eigenvalue weighted by atomic mass is 9.73. The van der Waals surface area contributed by atoms with E-state index in [4.69, 9.17) is 5.11 Å². The van der Waals surface area contributed by atoms with Crippen molar-refractivity contribution in [1.29, 1.82) is 0 Å². The van der Waals surface area contributed by atoms with Crippen molar-refractivity contribution in [3.8, 4) is 0 Å². The van der Waals surface area contributed by atoms with Gasteiger partial charge < -0.3 is 10.2 Å². The van der Waals surface area contributed by atoms with E-state index >= 15 is 0 Å². The lowest BCUT2D eigenvalue weighted by molar-refractivity contribution is 0.0697. The van der Waals surface area contributed by atoms with Crippen LogP contribution in [0.25, 0.3) is 0 Å². The van der Waals surface area contributed by atoms with Crippen molar-refractivity contribution < 1.29 is 15.0 Å². The fraction of sp³-hybridized carbons (Fsp3) is 0.350. The van der Waals surface area contributed by atoms with Crippen molar-refractivity contribution in [2.45, 2.75) is 24.8 Å². The summed E-state index contributed by atoms with van der Waals surface area (Å²) in [5.41, 5.74) is 2.53. The first-order valence-corrected chi connectivity index (χ1v) is 8.34. The first kappa shape index (κ1) is 16.7. The van der Waals surface area contributed by atoms with Crippen molar-refractivity contribution >= 4 is 5.97 Å². The molecule has 0 saturated carbocycles. The number of hydrogen-bond acceptors (Lipinski definition) is 3. The number of carbonyl (C=O) groups is 1. The summed E-state index contributed by atoms with van der Waals surface area (Å²) in [5.74, 6) is -0.893. The summed E-state index contributed by atoms with van der Waals surface area (Å²) in [5, 5.41) is 18.9. The fourth-order valence-electron chi connectivity index (χ4n) is 3.48. The number of aromatic carboxylic acids is 1. The van der Waals surface area contributed by atoms with Crippen molar-refractivity contribution in [3.05, 3.63) is 71.3 Å². The highest BCUT2D eigenvalue weighted by molar-refractivity contribution is 5.87. The van der Waals surface area contributed by atoms with E-state index in [-0.39, 0.29) is 12.0 Å². The smallest absolute Gasteiger partial charge is 0.335 e. The van der Waals surface area contributed by atoms with Gasteiger partial charge in [-0.3, -0.25) is 4.90 Å². The van der Waals surface area contributed by atoms with E-state index in [0.29, 0.717) is 5.56 Å². The zero-order chi connectivity index (χ0) is 17.0. The maximum atomic E-state index is 10.9. The Morgan fingerprint density at radius 2 is 1.62 bits per heavy atom. The maximum absolute atomic E-state index is 10.9. The van der Waals surface area contributed by atoms with Crippen LogP contribution in [-0.2, 0) is 12.0 Å². The van der Waals surface area contributed by atoms with Crippen molar-refractivity contribution in [1.82, 2.24) is 4.90 Å². The monoisotopic (exact) mass is 325 g/mol. The van der Waals surface area contributed by atoms with Crippen LogP contribution >= 0.6 is 0 Å². The molecule has 0 spiro atoms. The molecular formula is C20H23NO3. The molecule has 4 nitrogen and oxygen atoms in total. The Hall–Kier alpha value is -2.17. The van der Waals surface area contributed by atoms with Gasteiger partial charge in [-0.2, -0.15) is 0 Å². The van der Waals surface area contributed by atoms with E-state index in [1.165, 1.54) is 5.56 Å². The number of nitrogens with zero attached hydrogens (tertiary/aromatic N) is 1. The third-order valence-corrected chi connectivity index (χ3v) is 5.11. The molecule has 1 saturated heterocycles. The Labute approximate surface area is 142 Å². The van der Waals surface area contributed by atoms with E-state index in [9.17, 15) is 9.90 Å². The van der Waals surface area contributed by atoms with Gasteiger partial charge in [0.15, 0.2) is 0 Å². The summed E-state index contributed by atoms with van der Waals surface area (Å²) >= 11 is 0. The van der Waals surface area contributed by atoms with Gasteiger partial charge in [0.25, 0.3) is 0 Å². The van der Waals surface area contributed by atoms with Gasteiger partial charge in [0.1, 0.15) is 0 Å². The molecule has 0 unspecified atom stereocenters. The normalized spacial score (nSPS) is 17.5. The number of aliphatic hydroxyl groups excluding tert-OH is 1. The zero-order valence-corrected chi connectivity index (χ0v) is 13.7. The van der Waals surface area contributed by atoms with Gasteiger partial charge >= 0.3 is 5.97 Å². The Balaban J connectivity index is 1.63. The molecule has 2 aromatic carbocycles. The number of piperidine rings is 1. The average molecular weight is 325 g/mol. The van der Waals surface area contributed by atoms with Crippen LogP contribution in [0.5, 0.6) is 0 Å². The van der Waals surface area contributed by atoms with Gasteiger partial charge in [0.2, 0.25) is 0 Å². The molecular weight excluding hydrogens is 302 g/mol. The second-order valence-electron chi connectivity index (χ2n) is 6.58. The highest BCUT2D eigenvalue weighted by atomic mass is 16.4. The molecule has 1 aliphatic heterocycles. The lowest BCUT2D eigenvalue weighted by Crippen LogP contribution is -2.44. The van der Waals surface area contributed by atoms with Gasteiger partial charge in [-0.25, -0.2) is 4.79 Å². The number of benzene rings is 2. The van der Waals surface area contributed by atoms with E-state index in [2.05, 4.69) is 17.0 Å². The number of carboxylic acid groups (broad SMARTS) is 1. The summed E-state index contributed by atoms with van der Waals surface area (Å²) in [6, 6.07) is 17.4. The number of aliphatic hydroxyl groups is 1. The topological polar surface area (TPSA) is 60.8 Å². The van der Waals surface area contributed by atoms with Crippen molar-refractivity contribution in [2.24, 2.45) is 0 Å². The minimum absolute atomic E-state index is 0.134. The number of hydrogen-bond donors (Lipinski definition) is 2. The van der Waals surface area contributed by atoms with Crippen LogP contribution in [0.15, 0.2) is 54.6 Å².